The molecule has 2 aromatic carbocycles. The van der Waals surface area contributed by atoms with Crippen LogP contribution in [0, 0.1) is 13.8 Å². The van der Waals surface area contributed by atoms with Crippen molar-refractivity contribution in [3.63, 3.8) is 0 Å². The molecule has 0 saturated heterocycles. The number of hydrogen-bond acceptors (Lipinski definition) is 3. The van der Waals surface area contributed by atoms with E-state index in [1.807, 2.05) is 58.9 Å². The van der Waals surface area contributed by atoms with Crippen LogP contribution in [0.4, 0.5) is 0 Å². The summed E-state index contributed by atoms with van der Waals surface area (Å²) in [6.07, 6.45) is 0. The summed E-state index contributed by atoms with van der Waals surface area (Å²) in [6, 6.07) is 20.7. The van der Waals surface area contributed by atoms with Gasteiger partial charge in [0, 0.05) is 29.6 Å². The lowest BCUT2D eigenvalue weighted by Gasteiger charge is -2.15. The highest BCUT2D eigenvalue weighted by atomic mass is 16.5. The van der Waals surface area contributed by atoms with E-state index in [1.54, 1.807) is 4.68 Å². The van der Waals surface area contributed by atoms with Gasteiger partial charge in [0.1, 0.15) is 5.69 Å². The summed E-state index contributed by atoms with van der Waals surface area (Å²) in [7, 11) is 1.41. The highest BCUT2D eigenvalue weighted by molar-refractivity contribution is 6.07. The molecule has 4 rings (SSSR count). The van der Waals surface area contributed by atoms with Crippen molar-refractivity contribution in [2.75, 3.05) is 7.11 Å². The molecule has 0 N–H and O–H groups in total. The third-order valence-electron chi connectivity index (χ3n) is 5.39. The van der Waals surface area contributed by atoms with Crippen molar-refractivity contribution in [2.24, 2.45) is 0 Å². The number of hydrogen-bond donors (Lipinski definition) is 0. The molecule has 0 atom stereocenters. The molecule has 0 bridgehead atoms. The van der Waals surface area contributed by atoms with E-state index in [4.69, 9.17) is 4.74 Å². The van der Waals surface area contributed by atoms with Gasteiger partial charge in [-0.1, -0.05) is 62.4 Å². The number of aromatic nitrogens is 2. The van der Waals surface area contributed by atoms with E-state index >= 15 is 0 Å². The first-order valence-electron chi connectivity index (χ1n) is 10.4. The number of nitrogens with zero attached hydrogens (tertiary/aromatic N) is 2. The predicted molar refractivity (Wildman–Crippen MR) is 120 cm³/mol. The van der Waals surface area contributed by atoms with Crippen molar-refractivity contribution < 1.29 is 14.2 Å². The SMILES string of the molecule is CC.COC(=O)/C(=C(/C)C1c2ccccc2-c2ccccc21)[n+]1nc(C)ccc1C. The lowest BCUT2D eigenvalue weighted by atomic mass is 9.88. The van der Waals surface area contributed by atoms with Gasteiger partial charge in [-0.2, -0.15) is 0 Å². The van der Waals surface area contributed by atoms with Gasteiger partial charge in [-0.05, 0) is 46.8 Å². The smallest absolute Gasteiger partial charge is 0.406 e. The number of carbonyl (C=O) groups is 1. The molecule has 154 valence electrons. The second-order valence-electron chi connectivity index (χ2n) is 7.16. The standard InChI is InChI=1S/C24H23N2O2.C2H6/c1-15-13-14-16(2)26(25-15)23(24(27)28-4)17(3)22-20-11-7-5-9-18(20)19-10-6-8-12-21(19)22;1-2/h5-14,22H,1-4H3;1-2H3/q+1;/b23-17+;. The molecule has 1 heterocycles. The Bertz CT molecular complexity index is 1070. The van der Waals surface area contributed by atoms with Gasteiger partial charge in [0.05, 0.1) is 7.11 Å². The molecule has 4 nitrogen and oxygen atoms in total. The summed E-state index contributed by atoms with van der Waals surface area (Å²) in [6.45, 7) is 9.87. The monoisotopic (exact) mass is 401 g/mol. The molecule has 1 aliphatic carbocycles. The van der Waals surface area contributed by atoms with Crippen LogP contribution >= 0.6 is 0 Å². The number of rotatable bonds is 3. The Morgan fingerprint density at radius 1 is 0.900 bits per heavy atom. The fourth-order valence-corrected chi connectivity index (χ4v) is 4.08. The number of aryl methyl sites for hydroxylation is 2. The molecule has 0 fully saturated rings. The lowest BCUT2D eigenvalue weighted by Crippen LogP contribution is -2.45. The fraction of sp³-hybridized carbons (Fsp3) is 0.269. The van der Waals surface area contributed by atoms with Crippen LogP contribution in [0.25, 0.3) is 16.8 Å². The molecular formula is C26H29N2O2+. The number of benzene rings is 2. The topological polar surface area (TPSA) is 43.1 Å². The summed E-state index contributed by atoms with van der Waals surface area (Å²) in [5.41, 5.74) is 7.95. The van der Waals surface area contributed by atoms with Crippen LogP contribution in [-0.4, -0.2) is 18.2 Å². The molecular weight excluding hydrogens is 372 g/mol. The van der Waals surface area contributed by atoms with Crippen LogP contribution in [0.15, 0.2) is 66.2 Å². The van der Waals surface area contributed by atoms with Gasteiger partial charge >= 0.3 is 11.7 Å². The Morgan fingerprint density at radius 2 is 1.43 bits per heavy atom. The Hall–Kier alpha value is -3.27. The average molecular weight is 402 g/mol. The molecule has 1 aliphatic rings. The van der Waals surface area contributed by atoms with Crippen molar-refractivity contribution in [1.29, 1.82) is 0 Å². The fourth-order valence-electron chi connectivity index (χ4n) is 4.08. The first-order valence-corrected chi connectivity index (χ1v) is 10.4. The molecule has 0 amide bonds. The second kappa shape index (κ2) is 9.04. The molecule has 0 radical (unpaired) electrons. The molecule has 0 unspecified atom stereocenters. The minimum absolute atomic E-state index is 0.0179. The average Bonchev–Trinajstić information content (AvgIpc) is 3.12. The Morgan fingerprint density at radius 3 is 1.97 bits per heavy atom. The predicted octanol–water partition coefficient (Wildman–Crippen LogP) is 5.23. The molecule has 4 heteroatoms. The third kappa shape index (κ3) is 3.65. The number of allylic oxidation sites excluding steroid dienone is 1. The first-order chi connectivity index (χ1) is 14.5. The molecule has 0 spiro atoms. The van der Waals surface area contributed by atoms with E-state index in [9.17, 15) is 4.79 Å². The summed E-state index contributed by atoms with van der Waals surface area (Å²) in [5, 5.41) is 4.60. The third-order valence-corrected chi connectivity index (χ3v) is 5.39. The quantitative estimate of drug-likeness (QED) is 0.343. The Kier molecular flexibility index (Phi) is 6.46. The van der Waals surface area contributed by atoms with Gasteiger partial charge in [0.15, 0.2) is 0 Å². The highest BCUT2D eigenvalue weighted by Gasteiger charge is 2.37. The highest BCUT2D eigenvalue weighted by Crippen LogP contribution is 2.48. The van der Waals surface area contributed by atoms with Crippen molar-refractivity contribution in [3.05, 3.63) is 88.8 Å². The van der Waals surface area contributed by atoms with Gasteiger partial charge < -0.3 is 4.74 Å². The lowest BCUT2D eigenvalue weighted by molar-refractivity contribution is -0.651. The van der Waals surface area contributed by atoms with Crippen molar-refractivity contribution >= 4 is 11.7 Å². The van der Waals surface area contributed by atoms with Crippen molar-refractivity contribution in [1.82, 2.24) is 5.10 Å². The van der Waals surface area contributed by atoms with Crippen LogP contribution in [0.3, 0.4) is 0 Å². The molecule has 3 aromatic rings. The van der Waals surface area contributed by atoms with Crippen LogP contribution in [0.1, 0.15) is 49.2 Å². The van der Waals surface area contributed by atoms with Gasteiger partial charge in [-0.25, -0.2) is 4.79 Å². The maximum absolute atomic E-state index is 12.9. The Labute approximate surface area is 178 Å². The van der Waals surface area contributed by atoms with E-state index in [-0.39, 0.29) is 11.9 Å². The second-order valence-corrected chi connectivity index (χ2v) is 7.16. The van der Waals surface area contributed by atoms with Crippen LogP contribution in [0.2, 0.25) is 0 Å². The van der Waals surface area contributed by atoms with Gasteiger partial charge in [-0.3, -0.25) is 0 Å². The minimum atomic E-state index is -0.384. The number of esters is 1. The zero-order chi connectivity index (χ0) is 21.8. The maximum atomic E-state index is 12.9. The zero-order valence-corrected chi connectivity index (χ0v) is 18.6. The van der Waals surface area contributed by atoms with Gasteiger partial charge in [0.25, 0.3) is 0 Å². The van der Waals surface area contributed by atoms with Crippen LogP contribution < -0.4 is 4.68 Å². The van der Waals surface area contributed by atoms with E-state index in [0.717, 1.165) is 17.0 Å². The van der Waals surface area contributed by atoms with E-state index < -0.39 is 0 Å². The summed E-state index contributed by atoms with van der Waals surface area (Å²) < 4.78 is 6.87. The Balaban J connectivity index is 0.00000124. The minimum Gasteiger partial charge on any atom is -0.461 e. The van der Waals surface area contributed by atoms with Gasteiger partial charge in [-0.15, -0.1) is 0 Å². The summed E-state index contributed by atoms with van der Waals surface area (Å²) in [5.74, 6) is -0.402. The number of carbonyl (C=O) groups excluding carboxylic acids is 1. The summed E-state index contributed by atoms with van der Waals surface area (Å²) in [4.78, 5) is 12.9. The van der Waals surface area contributed by atoms with Crippen LogP contribution in [0.5, 0.6) is 0 Å². The van der Waals surface area contributed by atoms with Crippen LogP contribution in [-0.2, 0) is 9.53 Å². The molecule has 0 saturated carbocycles. The molecule has 30 heavy (non-hydrogen) atoms. The molecule has 1 aromatic heterocycles. The van der Waals surface area contributed by atoms with Crippen molar-refractivity contribution in [3.8, 4) is 11.1 Å². The van der Waals surface area contributed by atoms with E-state index in [1.165, 1.54) is 29.4 Å². The van der Waals surface area contributed by atoms with E-state index in [0.29, 0.717) is 5.70 Å². The number of ether oxygens (including phenoxy) is 1. The number of methoxy groups -OCH3 is 1. The first kappa shape index (κ1) is 21.4. The van der Waals surface area contributed by atoms with E-state index in [2.05, 4.69) is 41.5 Å². The number of fused-ring (bicyclic) bond motifs is 3. The van der Waals surface area contributed by atoms with Crippen molar-refractivity contribution in [2.45, 2.75) is 40.5 Å². The largest absolute Gasteiger partial charge is 0.461 e. The zero-order valence-electron chi connectivity index (χ0n) is 18.6. The molecule has 0 aliphatic heterocycles. The van der Waals surface area contributed by atoms with Gasteiger partial charge in [0.2, 0.25) is 5.69 Å². The normalized spacial score (nSPS) is 12.9. The maximum Gasteiger partial charge on any atom is 0.406 e. The summed E-state index contributed by atoms with van der Waals surface area (Å²) >= 11 is 0.